The molecule has 2 aromatic carbocycles. The number of carboxylic acid groups (broad SMARTS) is 1. The highest BCUT2D eigenvalue weighted by Crippen LogP contribution is 2.35. The monoisotopic (exact) mass is 400 g/mol. The van der Waals surface area contributed by atoms with Crippen LogP contribution in [-0.2, 0) is 11.2 Å². The van der Waals surface area contributed by atoms with Gasteiger partial charge in [-0.15, -0.1) is 0 Å². The Morgan fingerprint density at radius 3 is 2.55 bits per heavy atom. The second-order valence-corrected chi connectivity index (χ2v) is 6.47. The number of rotatable bonds is 5. The van der Waals surface area contributed by atoms with Crippen molar-refractivity contribution in [3.63, 3.8) is 0 Å². The molecule has 0 aromatic heterocycles. The second kappa shape index (κ2) is 6.99. The van der Waals surface area contributed by atoms with E-state index in [-0.39, 0.29) is 6.42 Å². The minimum atomic E-state index is -0.843. The SMILES string of the molecule is COc1cc(CC(=O)O)ccc1Sc1ccc(I)cc1. The number of halogens is 1. The molecule has 0 amide bonds. The molecule has 0 unspecified atom stereocenters. The van der Waals surface area contributed by atoms with Crippen molar-refractivity contribution < 1.29 is 14.6 Å². The van der Waals surface area contributed by atoms with Crippen LogP contribution in [0.15, 0.2) is 52.3 Å². The predicted octanol–water partition coefficient (Wildman–Crippen LogP) is 4.08. The Labute approximate surface area is 135 Å². The first-order chi connectivity index (χ1) is 9.58. The average Bonchev–Trinajstić information content (AvgIpc) is 2.42. The standard InChI is InChI=1S/C15H13IO3S/c1-19-13-8-10(9-15(17)18)2-7-14(13)20-12-5-3-11(16)4-6-12/h2-8H,9H2,1H3,(H,17,18). The molecule has 0 bridgehead atoms. The lowest BCUT2D eigenvalue weighted by Gasteiger charge is -2.10. The van der Waals surface area contributed by atoms with Crippen LogP contribution in [0.4, 0.5) is 0 Å². The van der Waals surface area contributed by atoms with Crippen LogP contribution in [0.25, 0.3) is 0 Å². The van der Waals surface area contributed by atoms with Gasteiger partial charge in [-0.3, -0.25) is 4.79 Å². The third-order valence-electron chi connectivity index (χ3n) is 2.62. The average molecular weight is 400 g/mol. The Kier molecular flexibility index (Phi) is 5.31. The van der Waals surface area contributed by atoms with E-state index < -0.39 is 5.97 Å². The maximum atomic E-state index is 10.7. The van der Waals surface area contributed by atoms with E-state index in [0.717, 1.165) is 15.4 Å². The summed E-state index contributed by atoms with van der Waals surface area (Å²) in [6, 6.07) is 13.7. The lowest BCUT2D eigenvalue weighted by Crippen LogP contribution is -2.00. The van der Waals surface area contributed by atoms with Gasteiger partial charge < -0.3 is 9.84 Å². The van der Waals surface area contributed by atoms with E-state index >= 15 is 0 Å². The highest BCUT2D eigenvalue weighted by molar-refractivity contribution is 14.1. The van der Waals surface area contributed by atoms with Gasteiger partial charge in [-0.05, 0) is 64.6 Å². The van der Waals surface area contributed by atoms with Crippen LogP contribution in [0, 0.1) is 3.57 Å². The van der Waals surface area contributed by atoms with Crippen LogP contribution in [0.5, 0.6) is 5.75 Å². The van der Waals surface area contributed by atoms with Crippen LogP contribution < -0.4 is 4.74 Å². The van der Waals surface area contributed by atoms with E-state index in [4.69, 9.17) is 9.84 Å². The van der Waals surface area contributed by atoms with Crippen molar-refractivity contribution in [1.82, 2.24) is 0 Å². The first kappa shape index (κ1) is 15.2. The highest BCUT2D eigenvalue weighted by Gasteiger charge is 2.08. The van der Waals surface area contributed by atoms with Crippen molar-refractivity contribution >= 4 is 40.3 Å². The Morgan fingerprint density at radius 2 is 1.95 bits per heavy atom. The Morgan fingerprint density at radius 1 is 1.25 bits per heavy atom. The molecule has 1 N–H and O–H groups in total. The van der Waals surface area contributed by atoms with Crippen molar-refractivity contribution in [3.8, 4) is 5.75 Å². The minimum Gasteiger partial charge on any atom is -0.496 e. The largest absolute Gasteiger partial charge is 0.496 e. The fourth-order valence-corrected chi connectivity index (χ4v) is 2.98. The third kappa shape index (κ3) is 4.14. The van der Waals surface area contributed by atoms with Crippen LogP contribution in [-0.4, -0.2) is 18.2 Å². The van der Waals surface area contributed by atoms with Crippen LogP contribution >= 0.6 is 34.4 Å². The summed E-state index contributed by atoms with van der Waals surface area (Å²) < 4.78 is 6.54. The molecule has 0 saturated heterocycles. The van der Waals surface area contributed by atoms with Gasteiger partial charge in [-0.25, -0.2) is 0 Å². The zero-order chi connectivity index (χ0) is 14.5. The van der Waals surface area contributed by atoms with Gasteiger partial charge in [-0.2, -0.15) is 0 Å². The van der Waals surface area contributed by atoms with Gasteiger partial charge in [0, 0.05) is 8.47 Å². The van der Waals surface area contributed by atoms with Crippen molar-refractivity contribution in [2.75, 3.05) is 7.11 Å². The van der Waals surface area contributed by atoms with E-state index in [1.165, 1.54) is 3.57 Å². The zero-order valence-corrected chi connectivity index (χ0v) is 13.8. The molecule has 20 heavy (non-hydrogen) atoms. The summed E-state index contributed by atoms with van der Waals surface area (Å²) in [5.74, 6) is -0.141. The lowest BCUT2D eigenvalue weighted by molar-refractivity contribution is -0.136. The van der Waals surface area contributed by atoms with Crippen molar-refractivity contribution in [2.24, 2.45) is 0 Å². The Balaban J connectivity index is 2.23. The zero-order valence-electron chi connectivity index (χ0n) is 10.8. The Hall–Kier alpha value is -1.21. The number of carbonyl (C=O) groups is 1. The summed E-state index contributed by atoms with van der Waals surface area (Å²) in [4.78, 5) is 12.8. The third-order valence-corrected chi connectivity index (χ3v) is 4.41. The first-order valence-corrected chi connectivity index (χ1v) is 7.80. The number of aliphatic carboxylic acids is 1. The molecule has 2 aromatic rings. The van der Waals surface area contributed by atoms with Gasteiger partial charge in [0.05, 0.1) is 18.4 Å². The molecular formula is C15H13IO3S. The van der Waals surface area contributed by atoms with E-state index in [9.17, 15) is 4.79 Å². The molecule has 5 heteroatoms. The summed E-state index contributed by atoms with van der Waals surface area (Å²) in [7, 11) is 1.60. The summed E-state index contributed by atoms with van der Waals surface area (Å²) in [6.07, 6.45) is 0.00480. The molecular weight excluding hydrogens is 387 g/mol. The maximum absolute atomic E-state index is 10.7. The number of hydrogen-bond donors (Lipinski definition) is 1. The number of carboxylic acids is 1. The fraction of sp³-hybridized carbons (Fsp3) is 0.133. The van der Waals surface area contributed by atoms with Gasteiger partial charge in [0.2, 0.25) is 0 Å². The van der Waals surface area contributed by atoms with Gasteiger partial charge >= 0.3 is 5.97 Å². The quantitative estimate of drug-likeness (QED) is 0.769. The molecule has 3 nitrogen and oxygen atoms in total. The van der Waals surface area contributed by atoms with Gasteiger partial charge in [0.15, 0.2) is 0 Å². The fourth-order valence-electron chi connectivity index (χ4n) is 1.71. The summed E-state index contributed by atoms with van der Waals surface area (Å²) in [6.45, 7) is 0. The van der Waals surface area contributed by atoms with E-state index in [1.807, 2.05) is 24.3 Å². The number of benzene rings is 2. The molecule has 0 saturated carbocycles. The normalized spacial score (nSPS) is 10.3. The molecule has 0 heterocycles. The highest BCUT2D eigenvalue weighted by atomic mass is 127. The molecule has 0 aliphatic heterocycles. The first-order valence-electron chi connectivity index (χ1n) is 5.90. The molecule has 0 radical (unpaired) electrons. The molecule has 0 spiro atoms. The second-order valence-electron chi connectivity index (χ2n) is 4.11. The lowest BCUT2D eigenvalue weighted by atomic mass is 10.1. The van der Waals surface area contributed by atoms with Crippen LogP contribution in [0.1, 0.15) is 5.56 Å². The topological polar surface area (TPSA) is 46.5 Å². The van der Waals surface area contributed by atoms with Crippen LogP contribution in [0.2, 0.25) is 0 Å². The maximum Gasteiger partial charge on any atom is 0.307 e. The Bertz CT molecular complexity index is 611. The van der Waals surface area contributed by atoms with Crippen molar-refractivity contribution in [2.45, 2.75) is 16.2 Å². The van der Waals surface area contributed by atoms with Gasteiger partial charge in [-0.1, -0.05) is 17.8 Å². The van der Waals surface area contributed by atoms with E-state index in [0.29, 0.717) is 5.75 Å². The van der Waals surface area contributed by atoms with Gasteiger partial charge in [0.25, 0.3) is 0 Å². The number of hydrogen-bond acceptors (Lipinski definition) is 3. The molecule has 0 aliphatic carbocycles. The van der Waals surface area contributed by atoms with E-state index in [2.05, 4.69) is 34.7 Å². The number of methoxy groups -OCH3 is 1. The summed E-state index contributed by atoms with van der Waals surface area (Å²) in [5.41, 5.74) is 0.737. The summed E-state index contributed by atoms with van der Waals surface area (Å²) in [5, 5.41) is 8.81. The summed E-state index contributed by atoms with van der Waals surface area (Å²) >= 11 is 3.87. The van der Waals surface area contributed by atoms with E-state index in [1.54, 1.807) is 24.9 Å². The van der Waals surface area contributed by atoms with Crippen molar-refractivity contribution in [1.29, 1.82) is 0 Å². The molecule has 104 valence electrons. The van der Waals surface area contributed by atoms with Gasteiger partial charge in [0.1, 0.15) is 5.75 Å². The van der Waals surface area contributed by atoms with Crippen LogP contribution in [0.3, 0.4) is 0 Å². The molecule has 0 atom stereocenters. The molecule has 0 aliphatic rings. The van der Waals surface area contributed by atoms with Crippen molar-refractivity contribution in [3.05, 3.63) is 51.6 Å². The number of ether oxygens (including phenoxy) is 1. The minimum absolute atomic E-state index is 0.00480. The molecule has 2 rings (SSSR count). The smallest absolute Gasteiger partial charge is 0.307 e. The molecule has 0 fully saturated rings. The predicted molar refractivity (Wildman–Crippen MR) is 87.6 cm³/mol.